The highest BCUT2D eigenvalue weighted by Gasteiger charge is 2.30. The molecule has 0 radical (unpaired) electrons. The molecule has 3 nitrogen and oxygen atoms in total. The first-order valence-corrected chi connectivity index (χ1v) is 7.63. The predicted octanol–water partition coefficient (Wildman–Crippen LogP) is 4.70. The van der Waals surface area contributed by atoms with Gasteiger partial charge in [-0.3, -0.25) is 4.79 Å². The summed E-state index contributed by atoms with van der Waals surface area (Å²) in [5, 5.41) is 2.77. The third kappa shape index (κ3) is 5.53. The fourth-order valence-electron chi connectivity index (χ4n) is 2.00. The summed E-state index contributed by atoms with van der Waals surface area (Å²) in [5.74, 6) is 0.262. The van der Waals surface area contributed by atoms with Crippen molar-refractivity contribution in [3.8, 4) is 5.75 Å². The van der Waals surface area contributed by atoms with E-state index in [1.54, 1.807) is 31.4 Å². The lowest BCUT2D eigenvalue weighted by molar-refractivity contribution is -0.137. The van der Waals surface area contributed by atoms with E-state index < -0.39 is 17.6 Å². The van der Waals surface area contributed by atoms with Crippen LogP contribution in [0.1, 0.15) is 16.7 Å². The summed E-state index contributed by atoms with van der Waals surface area (Å²) < 4.78 is 43.2. The minimum Gasteiger partial charge on any atom is -0.497 e. The molecule has 25 heavy (non-hydrogen) atoms. The van der Waals surface area contributed by atoms with Crippen LogP contribution in [0.3, 0.4) is 0 Å². The molecule has 0 aliphatic heterocycles. The van der Waals surface area contributed by atoms with Crippen LogP contribution in [0.2, 0.25) is 5.02 Å². The topological polar surface area (TPSA) is 38.3 Å². The number of carbonyl (C=O) groups is 1. The van der Waals surface area contributed by atoms with Crippen LogP contribution >= 0.6 is 11.6 Å². The molecule has 0 aliphatic rings. The number of nitrogens with one attached hydrogen (secondary N) is 1. The molecule has 0 unspecified atom stereocenters. The number of alkyl halides is 3. The number of amides is 1. The molecule has 0 aromatic heterocycles. The Bertz CT molecular complexity index is 771. The van der Waals surface area contributed by atoms with Crippen molar-refractivity contribution in [3.05, 3.63) is 70.3 Å². The standard InChI is InChI=1S/C18H15ClF3NO2/c1-25-15-6-2-12(3-7-15)11-23-17(24)9-4-13-10-14(18(20,21)22)5-8-16(13)19/h2-10H,11H2,1H3,(H,23,24)/b9-4+. The Kier molecular flexibility index (Phi) is 6.09. The van der Waals surface area contributed by atoms with Crippen LogP contribution in [-0.2, 0) is 17.5 Å². The Labute approximate surface area is 148 Å². The predicted molar refractivity (Wildman–Crippen MR) is 90.3 cm³/mol. The normalized spacial score (nSPS) is 11.6. The van der Waals surface area contributed by atoms with Gasteiger partial charge in [-0.05, 0) is 47.5 Å². The summed E-state index contributed by atoms with van der Waals surface area (Å²) in [4.78, 5) is 11.8. The van der Waals surface area contributed by atoms with Crippen LogP contribution in [0.15, 0.2) is 48.5 Å². The quantitative estimate of drug-likeness (QED) is 0.776. The van der Waals surface area contributed by atoms with Crippen molar-refractivity contribution in [1.29, 1.82) is 0 Å². The van der Waals surface area contributed by atoms with Crippen molar-refractivity contribution >= 4 is 23.6 Å². The second kappa shape index (κ2) is 8.07. The van der Waals surface area contributed by atoms with Crippen molar-refractivity contribution in [2.45, 2.75) is 12.7 Å². The Morgan fingerprint density at radius 3 is 2.48 bits per heavy atom. The second-order valence-electron chi connectivity index (χ2n) is 5.13. The molecule has 1 N–H and O–H groups in total. The van der Waals surface area contributed by atoms with E-state index in [2.05, 4.69) is 5.32 Å². The largest absolute Gasteiger partial charge is 0.497 e. The Morgan fingerprint density at radius 1 is 1.20 bits per heavy atom. The van der Waals surface area contributed by atoms with Crippen molar-refractivity contribution < 1.29 is 22.7 Å². The summed E-state index contributed by atoms with van der Waals surface area (Å²) in [6.07, 6.45) is -2.07. The van der Waals surface area contributed by atoms with E-state index in [1.807, 2.05) is 0 Å². The Balaban J connectivity index is 1.99. The van der Waals surface area contributed by atoms with Crippen molar-refractivity contribution in [3.63, 3.8) is 0 Å². The van der Waals surface area contributed by atoms with Crippen LogP contribution in [0.5, 0.6) is 5.75 Å². The molecule has 2 aromatic rings. The third-order valence-electron chi connectivity index (χ3n) is 3.36. The van der Waals surface area contributed by atoms with Gasteiger partial charge >= 0.3 is 6.18 Å². The summed E-state index contributed by atoms with van der Waals surface area (Å²) in [7, 11) is 1.56. The summed E-state index contributed by atoms with van der Waals surface area (Å²) in [5.41, 5.74) is 0.158. The van der Waals surface area contributed by atoms with E-state index in [9.17, 15) is 18.0 Å². The summed E-state index contributed by atoms with van der Waals surface area (Å²) >= 11 is 5.87. The zero-order valence-corrected chi connectivity index (χ0v) is 14.0. The van der Waals surface area contributed by atoms with Gasteiger partial charge in [0, 0.05) is 17.6 Å². The molecule has 7 heteroatoms. The minimum absolute atomic E-state index is 0.121. The van der Waals surface area contributed by atoms with Crippen molar-refractivity contribution in [2.24, 2.45) is 0 Å². The molecule has 1 amide bonds. The van der Waals surface area contributed by atoms with Gasteiger partial charge in [0.15, 0.2) is 0 Å². The van der Waals surface area contributed by atoms with Crippen molar-refractivity contribution in [1.82, 2.24) is 5.32 Å². The van der Waals surface area contributed by atoms with E-state index in [1.165, 1.54) is 6.08 Å². The lowest BCUT2D eigenvalue weighted by Crippen LogP contribution is -2.20. The molecule has 2 rings (SSSR count). The molecule has 0 spiro atoms. The van der Waals surface area contributed by atoms with Crippen LogP contribution in [-0.4, -0.2) is 13.0 Å². The van der Waals surface area contributed by atoms with Gasteiger partial charge < -0.3 is 10.1 Å². The molecule has 2 aromatic carbocycles. The average Bonchev–Trinajstić information content (AvgIpc) is 2.58. The van der Waals surface area contributed by atoms with Crippen LogP contribution in [0.4, 0.5) is 13.2 Å². The van der Waals surface area contributed by atoms with Gasteiger partial charge in [0.2, 0.25) is 5.91 Å². The maximum absolute atomic E-state index is 12.7. The fraction of sp³-hybridized carbons (Fsp3) is 0.167. The van der Waals surface area contributed by atoms with Gasteiger partial charge in [0.1, 0.15) is 5.75 Å². The van der Waals surface area contributed by atoms with E-state index in [0.717, 1.165) is 29.8 Å². The number of methoxy groups -OCH3 is 1. The zero-order valence-electron chi connectivity index (χ0n) is 13.2. The highest BCUT2D eigenvalue weighted by molar-refractivity contribution is 6.32. The van der Waals surface area contributed by atoms with Gasteiger partial charge in [-0.15, -0.1) is 0 Å². The highest BCUT2D eigenvalue weighted by Crippen LogP contribution is 2.32. The third-order valence-corrected chi connectivity index (χ3v) is 3.71. The van der Waals surface area contributed by atoms with Gasteiger partial charge in [-0.1, -0.05) is 23.7 Å². The van der Waals surface area contributed by atoms with Crippen LogP contribution in [0.25, 0.3) is 6.08 Å². The maximum Gasteiger partial charge on any atom is 0.416 e. The Morgan fingerprint density at radius 2 is 1.88 bits per heavy atom. The van der Waals surface area contributed by atoms with Crippen LogP contribution < -0.4 is 10.1 Å². The molecule has 0 heterocycles. The number of rotatable bonds is 5. The molecular formula is C18H15ClF3NO2. The molecule has 0 bridgehead atoms. The summed E-state index contributed by atoms with van der Waals surface area (Å²) in [6, 6.07) is 10.1. The molecule has 132 valence electrons. The Hall–Kier alpha value is -2.47. The maximum atomic E-state index is 12.7. The van der Waals surface area contributed by atoms with Crippen LogP contribution in [0, 0.1) is 0 Å². The van der Waals surface area contributed by atoms with E-state index >= 15 is 0 Å². The van der Waals surface area contributed by atoms with Crippen molar-refractivity contribution in [2.75, 3.05) is 7.11 Å². The molecule has 0 aliphatic carbocycles. The lowest BCUT2D eigenvalue weighted by atomic mass is 10.1. The second-order valence-corrected chi connectivity index (χ2v) is 5.54. The first kappa shape index (κ1) is 18.9. The fourth-order valence-corrected chi connectivity index (χ4v) is 2.19. The van der Waals surface area contributed by atoms with Gasteiger partial charge in [-0.2, -0.15) is 13.2 Å². The van der Waals surface area contributed by atoms with Gasteiger partial charge in [0.05, 0.1) is 12.7 Å². The molecular weight excluding hydrogens is 355 g/mol. The lowest BCUT2D eigenvalue weighted by Gasteiger charge is -2.08. The zero-order chi connectivity index (χ0) is 18.4. The first-order chi connectivity index (χ1) is 11.8. The smallest absolute Gasteiger partial charge is 0.416 e. The van der Waals surface area contributed by atoms with E-state index in [4.69, 9.17) is 16.3 Å². The molecule has 0 atom stereocenters. The van der Waals surface area contributed by atoms with Gasteiger partial charge in [-0.25, -0.2) is 0 Å². The van der Waals surface area contributed by atoms with Gasteiger partial charge in [0.25, 0.3) is 0 Å². The van der Waals surface area contributed by atoms with E-state index in [0.29, 0.717) is 5.75 Å². The van der Waals surface area contributed by atoms with E-state index in [-0.39, 0.29) is 17.1 Å². The number of halogens is 4. The number of carbonyl (C=O) groups excluding carboxylic acids is 1. The number of hydrogen-bond donors (Lipinski definition) is 1. The summed E-state index contributed by atoms with van der Waals surface area (Å²) in [6.45, 7) is 0.281. The SMILES string of the molecule is COc1ccc(CNC(=O)/C=C/c2cc(C(F)(F)F)ccc2Cl)cc1. The first-order valence-electron chi connectivity index (χ1n) is 7.25. The molecule has 0 fully saturated rings. The number of benzene rings is 2. The molecule has 0 saturated heterocycles. The average molecular weight is 370 g/mol. The highest BCUT2D eigenvalue weighted by atomic mass is 35.5. The number of hydrogen-bond acceptors (Lipinski definition) is 2. The monoisotopic (exact) mass is 369 g/mol. The minimum atomic E-state index is -4.47. The molecule has 0 saturated carbocycles. The number of ether oxygens (including phenoxy) is 1.